The van der Waals surface area contributed by atoms with Crippen molar-refractivity contribution in [3.8, 4) is 0 Å². The van der Waals surface area contributed by atoms with Gasteiger partial charge in [-0.15, -0.1) is 0 Å². The van der Waals surface area contributed by atoms with E-state index in [-0.39, 0.29) is 17.3 Å². The molecule has 2 N–H and O–H groups in total. The van der Waals surface area contributed by atoms with Crippen LogP contribution >= 0.6 is 0 Å². The van der Waals surface area contributed by atoms with E-state index in [1.54, 1.807) is 17.0 Å². The predicted molar refractivity (Wildman–Crippen MR) is 100 cm³/mol. The molecule has 0 unspecified atom stereocenters. The minimum Gasteiger partial charge on any atom is -0.357 e. The predicted octanol–water partition coefficient (Wildman–Crippen LogP) is 2.77. The minimum absolute atomic E-state index is 0.0811. The van der Waals surface area contributed by atoms with Gasteiger partial charge in [-0.3, -0.25) is 4.79 Å². The molecule has 0 aliphatic carbocycles. The number of benzene rings is 2. The molecule has 26 heavy (non-hydrogen) atoms. The summed E-state index contributed by atoms with van der Waals surface area (Å²) in [5.74, 6) is 0.0811. The molecule has 0 spiro atoms. The number of sulfonamides is 1. The van der Waals surface area contributed by atoms with E-state index in [1.165, 1.54) is 12.1 Å². The van der Waals surface area contributed by atoms with E-state index in [0.717, 1.165) is 28.7 Å². The fourth-order valence-electron chi connectivity index (χ4n) is 3.21. The third-order valence-electron chi connectivity index (χ3n) is 4.57. The number of carbonyl (C=O) groups excluding carboxylic acids is 1. The molecule has 3 aromatic rings. The molecule has 7 heteroatoms. The molecule has 1 aromatic heterocycles. The highest BCUT2D eigenvalue weighted by Gasteiger charge is 2.22. The Labute approximate surface area is 151 Å². The largest absolute Gasteiger partial charge is 0.357 e. The molecule has 6 nitrogen and oxygen atoms in total. The van der Waals surface area contributed by atoms with Crippen molar-refractivity contribution in [2.45, 2.75) is 24.3 Å². The number of nitrogens with one attached hydrogen (secondary N) is 2. The van der Waals surface area contributed by atoms with Crippen LogP contribution in [0.25, 0.3) is 10.9 Å². The monoisotopic (exact) mass is 369 g/mol. The van der Waals surface area contributed by atoms with Crippen LogP contribution in [0.3, 0.4) is 0 Å². The van der Waals surface area contributed by atoms with Crippen LogP contribution in [0, 0.1) is 0 Å². The van der Waals surface area contributed by atoms with Crippen LogP contribution in [0.5, 0.6) is 0 Å². The summed E-state index contributed by atoms with van der Waals surface area (Å²) in [6, 6.07) is 16.2. The molecule has 0 radical (unpaired) electrons. The average molecular weight is 369 g/mol. The smallest absolute Gasteiger partial charge is 0.240 e. The van der Waals surface area contributed by atoms with Gasteiger partial charge in [0.05, 0.1) is 11.4 Å². The quantitative estimate of drug-likeness (QED) is 0.725. The van der Waals surface area contributed by atoms with E-state index in [4.69, 9.17) is 0 Å². The summed E-state index contributed by atoms with van der Waals surface area (Å²) in [6.07, 6.45) is 1.39. The van der Waals surface area contributed by atoms with Gasteiger partial charge in [-0.05, 0) is 48.2 Å². The summed E-state index contributed by atoms with van der Waals surface area (Å²) in [7, 11) is -3.62. The first-order valence-electron chi connectivity index (χ1n) is 8.50. The van der Waals surface area contributed by atoms with Crippen molar-refractivity contribution >= 4 is 32.5 Å². The number of hydrogen-bond donors (Lipinski definition) is 2. The van der Waals surface area contributed by atoms with Gasteiger partial charge in [0, 0.05) is 29.9 Å². The van der Waals surface area contributed by atoms with Gasteiger partial charge in [0.2, 0.25) is 15.9 Å². The fraction of sp³-hybridized carbons (Fsp3) is 0.211. The first-order valence-corrected chi connectivity index (χ1v) is 9.98. The van der Waals surface area contributed by atoms with Crippen LogP contribution in [0.2, 0.25) is 0 Å². The molecular formula is C19H19N3O3S. The van der Waals surface area contributed by atoms with Crippen LogP contribution in [0.1, 0.15) is 18.5 Å². The van der Waals surface area contributed by atoms with E-state index in [0.29, 0.717) is 13.0 Å². The lowest BCUT2D eigenvalue weighted by molar-refractivity contribution is -0.117. The Morgan fingerprint density at radius 3 is 2.54 bits per heavy atom. The second-order valence-corrected chi connectivity index (χ2v) is 8.12. The number of amides is 1. The molecule has 134 valence electrons. The number of carbonyl (C=O) groups is 1. The molecule has 0 bridgehead atoms. The maximum absolute atomic E-state index is 12.5. The minimum atomic E-state index is -3.62. The van der Waals surface area contributed by atoms with Gasteiger partial charge in [-0.2, -0.15) is 0 Å². The zero-order valence-corrected chi connectivity index (χ0v) is 14.9. The summed E-state index contributed by atoms with van der Waals surface area (Å²) in [6.45, 7) is 0.868. The number of nitrogens with zero attached hydrogens (tertiary/aromatic N) is 1. The lowest BCUT2D eigenvalue weighted by Gasteiger charge is -2.16. The Bertz CT molecular complexity index is 1020. The molecular weight excluding hydrogens is 350 g/mol. The van der Waals surface area contributed by atoms with E-state index in [1.807, 2.05) is 30.3 Å². The van der Waals surface area contributed by atoms with Crippen LogP contribution < -0.4 is 9.62 Å². The first kappa shape index (κ1) is 16.8. The van der Waals surface area contributed by atoms with Gasteiger partial charge in [0.15, 0.2) is 0 Å². The van der Waals surface area contributed by atoms with Crippen LogP contribution in [0.15, 0.2) is 59.5 Å². The van der Waals surface area contributed by atoms with Crippen molar-refractivity contribution in [3.05, 3.63) is 60.3 Å². The van der Waals surface area contributed by atoms with Crippen molar-refractivity contribution in [2.75, 3.05) is 11.4 Å². The molecule has 2 heterocycles. The maximum Gasteiger partial charge on any atom is 0.240 e. The zero-order chi connectivity index (χ0) is 18.1. The molecule has 1 saturated heterocycles. The molecule has 1 aliphatic heterocycles. The van der Waals surface area contributed by atoms with Gasteiger partial charge in [0.1, 0.15) is 0 Å². The van der Waals surface area contributed by atoms with Crippen molar-refractivity contribution in [2.24, 2.45) is 0 Å². The number of aromatic nitrogens is 1. The summed E-state index contributed by atoms with van der Waals surface area (Å²) in [5, 5.41) is 1.04. The molecule has 1 aliphatic rings. The normalized spacial score (nSPS) is 15.1. The molecule has 2 aromatic carbocycles. The van der Waals surface area contributed by atoms with E-state index in [2.05, 4.69) is 9.71 Å². The van der Waals surface area contributed by atoms with Crippen LogP contribution in [0.4, 0.5) is 5.69 Å². The summed E-state index contributed by atoms with van der Waals surface area (Å²) < 4.78 is 27.6. The highest BCUT2D eigenvalue weighted by atomic mass is 32.2. The number of hydrogen-bond acceptors (Lipinski definition) is 3. The standard InChI is InChI=1S/C19H19N3O3S/c23-19-6-3-11-22(19)16-7-9-17(10-8-16)26(24,25)20-13-15-12-14-4-1-2-5-18(14)21-15/h1-2,4-5,7-10,12,20-21H,3,6,11,13H2. The van der Waals surface area contributed by atoms with Gasteiger partial charge < -0.3 is 9.88 Å². The van der Waals surface area contributed by atoms with Crippen molar-refractivity contribution < 1.29 is 13.2 Å². The molecule has 0 atom stereocenters. The SMILES string of the molecule is O=C1CCCN1c1ccc(S(=O)(=O)NCc2cc3ccccc3[nH]2)cc1. The van der Waals surface area contributed by atoms with Crippen molar-refractivity contribution in [3.63, 3.8) is 0 Å². The fourth-order valence-corrected chi connectivity index (χ4v) is 4.22. The highest BCUT2D eigenvalue weighted by Crippen LogP contribution is 2.23. The van der Waals surface area contributed by atoms with Crippen LogP contribution in [-0.4, -0.2) is 25.9 Å². The molecule has 1 amide bonds. The van der Waals surface area contributed by atoms with E-state index < -0.39 is 10.0 Å². The lowest BCUT2D eigenvalue weighted by atomic mass is 10.2. The molecule has 1 fully saturated rings. The van der Waals surface area contributed by atoms with Gasteiger partial charge in [0.25, 0.3) is 0 Å². The van der Waals surface area contributed by atoms with E-state index in [9.17, 15) is 13.2 Å². The second-order valence-electron chi connectivity index (χ2n) is 6.35. The Kier molecular flexibility index (Phi) is 4.26. The maximum atomic E-state index is 12.5. The number of aromatic amines is 1. The van der Waals surface area contributed by atoms with E-state index >= 15 is 0 Å². The van der Waals surface area contributed by atoms with Gasteiger partial charge in [-0.25, -0.2) is 13.1 Å². The van der Waals surface area contributed by atoms with Crippen molar-refractivity contribution in [1.29, 1.82) is 0 Å². The summed E-state index contributed by atoms with van der Waals surface area (Å²) in [4.78, 5) is 16.9. The Hall–Kier alpha value is -2.64. The third-order valence-corrected chi connectivity index (χ3v) is 5.99. The molecule has 0 saturated carbocycles. The topological polar surface area (TPSA) is 82.3 Å². The number of fused-ring (bicyclic) bond motifs is 1. The summed E-state index contributed by atoms with van der Waals surface area (Å²) >= 11 is 0. The number of rotatable bonds is 5. The van der Waals surface area contributed by atoms with Crippen LogP contribution in [-0.2, 0) is 21.4 Å². The Balaban J connectivity index is 1.48. The zero-order valence-electron chi connectivity index (χ0n) is 14.1. The Morgan fingerprint density at radius 2 is 1.85 bits per heavy atom. The van der Waals surface area contributed by atoms with Gasteiger partial charge in [-0.1, -0.05) is 18.2 Å². The number of H-pyrrole nitrogens is 1. The third kappa shape index (κ3) is 3.23. The first-order chi connectivity index (χ1) is 12.5. The average Bonchev–Trinajstić information content (AvgIpc) is 3.26. The van der Waals surface area contributed by atoms with Crippen molar-refractivity contribution in [1.82, 2.24) is 9.71 Å². The lowest BCUT2D eigenvalue weighted by Crippen LogP contribution is -2.25. The highest BCUT2D eigenvalue weighted by molar-refractivity contribution is 7.89. The summed E-state index contributed by atoms with van der Waals surface area (Å²) in [5.41, 5.74) is 2.51. The Morgan fingerprint density at radius 1 is 1.08 bits per heavy atom. The molecule has 4 rings (SSSR count). The van der Waals surface area contributed by atoms with Gasteiger partial charge >= 0.3 is 0 Å². The second kappa shape index (κ2) is 6.59. The number of anilines is 1. The number of para-hydroxylation sites is 1.